The van der Waals surface area contributed by atoms with Crippen LogP contribution in [0, 0.1) is 12.7 Å². The minimum Gasteiger partial charge on any atom is -0.507 e. The second kappa shape index (κ2) is 9.37. The number of carbonyl (C=O) groups is 2. The van der Waals surface area contributed by atoms with Crippen LogP contribution in [0.25, 0.3) is 5.76 Å². The Bertz CT molecular complexity index is 1370. The topological polar surface area (TPSA) is 76.1 Å². The molecule has 1 atom stereocenters. The number of aliphatic hydroxyl groups is 1. The second-order valence-electron chi connectivity index (χ2n) is 7.97. The third-order valence-electron chi connectivity index (χ3n) is 5.57. The number of amides is 1. The molecular weight excluding hydrogens is 482 g/mol. The number of ether oxygens (including phenoxy) is 2. The number of hydrogen-bond donors (Lipinski definition) is 1. The lowest BCUT2D eigenvalue weighted by Gasteiger charge is -2.26. The zero-order valence-electron chi connectivity index (χ0n) is 19.0. The summed E-state index contributed by atoms with van der Waals surface area (Å²) in [7, 11) is 1.30. The fourth-order valence-electron chi connectivity index (χ4n) is 4.07. The first-order valence-electron chi connectivity index (χ1n) is 10.6. The number of carbonyl (C=O) groups excluding carboxylic acids is 2. The summed E-state index contributed by atoms with van der Waals surface area (Å²) in [5.74, 6) is -3.89. The maximum Gasteiger partial charge on any atom is 0.573 e. The molecular formula is C26H19F4NO5. The van der Waals surface area contributed by atoms with Gasteiger partial charge in [-0.3, -0.25) is 14.5 Å². The molecule has 0 radical (unpaired) electrons. The summed E-state index contributed by atoms with van der Waals surface area (Å²) in [6.45, 7) is 1.79. The molecule has 1 fully saturated rings. The molecule has 0 spiro atoms. The van der Waals surface area contributed by atoms with Crippen LogP contribution in [0.5, 0.6) is 11.5 Å². The van der Waals surface area contributed by atoms with E-state index in [4.69, 9.17) is 4.74 Å². The molecule has 10 heteroatoms. The molecule has 1 N–H and O–H groups in total. The fourth-order valence-corrected chi connectivity index (χ4v) is 4.07. The highest BCUT2D eigenvalue weighted by molar-refractivity contribution is 6.51. The van der Waals surface area contributed by atoms with Gasteiger partial charge in [-0.1, -0.05) is 29.8 Å². The molecule has 1 aliphatic heterocycles. The molecule has 1 heterocycles. The van der Waals surface area contributed by atoms with E-state index in [0.717, 1.165) is 34.7 Å². The number of alkyl halides is 3. The molecule has 4 rings (SSSR count). The van der Waals surface area contributed by atoms with E-state index in [-0.39, 0.29) is 22.6 Å². The van der Waals surface area contributed by atoms with Crippen molar-refractivity contribution in [1.82, 2.24) is 0 Å². The molecule has 0 bridgehead atoms. The lowest BCUT2D eigenvalue weighted by Crippen LogP contribution is -2.29. The van der Waals surface area contributed by atoms with Gasteiger partial charge >= 0.3 is 6.36 Å². The Morgan fingerprint density at radius 3 is 2.31 bits per heavy atom. The predicted octanol–water partition coefficient (Wildman–Crippen LogP) is 5.67. The number of rotatable bonds is 5. The molecule has 1 amide bonds. The lowest BCUT2D eigenvalue weighted by molar-refractivity contribution is -0.274. The Hall–Kier alpha value is -4.34. The van der Waals surface area contributed by atoms with Crippen LogP contribution < -0.4 is 14.4 Å². The third-order valence-corrected chi connectivity index (χ3v) is 5.57. The van der Waals surface area contributed by atoms with Crippen molar-refractivity contribution in [2.24, 2.45) is 0 Å². The van der Waals surface area contributed by atoms with Crippen molar-refractivity contribution in [3.05, 3.63) is 94.8 Å². The normalized spacial score (nSPS) is 17.4. The summed E-state index contributed by atoms with van der Waals surface area (Å²) >= 11 is 0. The van der Waals surface area contributed by atoms with Crippen LogP contribution in [-0.4, -0.2) is 30.3 Å². The number of aliphatic hydroxyl groups excluding tert-OH is 1. The van der Waals surface area contributed by atoms with Gasteiger partial charge in [0.05, 0.1) is 24.3 Å². The van der Waals surface area contributed by atoms with Crippen LogP contribution in [0.1, 0.15) is 22.7 Å². The molecule has 3 aromatic rings. The van der Waals surface area contributed by atoms with E-state index in [1.54, 1.807) is 31.2 Å². The monoisotopic (exact) mass is 501 g/mol. The van der Waals surface area contributed by atoms with Crippen LogP contribution in [-0.2, 0) is 9.59 Å². The first-order valence-corrected chi connectivity index (χ1v) is 10.6. The Morgan fingerprint density at radius 2 is 1.69 bits per heavy atom. The summed E-state index contributed by atoms with van der Waals surface area (Å²) in [5.41, 5.74) is 0.854. The van der Waals surface area contributed by atoms with E-state index in [2.05, 4.69) is 4.74 Å². The van der Waals surface area contributed by atoms with Crippen molar-refractivity contribution < 1.29 is 41.7 Å². The van der Waals surface area contributed by atoms with Crippen molar-refractivity contribution in [3.8, 4) is 11.5 Å². The number of nitrogens with zero attached hydrogens (tertiary/aromatic N) is 1. The van der Waals surface area contributed by atoms with E-state index >= 15 is 0 Å². The first kappa shape index (κ1) is 24.8. The van der Waals surface area contributed by atoms with E-state index in [1.807, 2.05) is 0 Å². The maximum absolute atomic E-state index is 14.0. The number of Topliss-reactive ketones (excluding diaryl/α,β-unsaturated/α-hetero) is 1. The number of ketones is 1. The molecule has 186 valence electrons. The quantitative estimate of drug-likeness (QED) is 0.211. The Labute approximate surface area is 203 Å². The Morgan fingerprint density at radius 1 is 1.00 bits per heavy atom. The smallest absolute Gasteiger partial charge is 0.507 e. The van der Waals surface area contributed by atoms with Crippen molar-refractivity contribution in [2.45, 2.75) is 19.3 Å². The van der Waals surface area contributed by atoms with Gasteiger partial charge in [-0.2, -0.15) is 0 Å². The van der Waals surface area contributed by atoms with Gasteiger partial charge in [-0.25, -0.2) is 4.39 Å². The number of hydrogen-bond acceptors (Lipinski definition) is 5. The molecule has 0 aromatic heterocycles. The zero-order valence-corrected chi connectivity index (χ0v) is 19.0. The van der Waals surface area contributed by atoms with Gasteiger partial charge in [0.25, 0.3) is 11.7 Å². The van der Waals surface area contributed by atoms with Crippen LogP contribution in [0.15, 0.2) is 72.3 Å². The highest BCUT2D eigenvalue weighted by Crippen LogP contribution is 2.44. The van der Waals surface area contributed by atoms with Crippen molar-refractivity contribution in [1.29, 1.82) is 0 Å². The summed E-state index contributed by atoms with van der Waals surface area (Å²) in [4.78, 5) is 27.4. The van der Waals surface area contributed by atoms with E-state index in [1.165, 1.54) is 25.3 Å². The standard InChI is InChI=1S/C26H19F4NO5/c1-14-4-3-5-15(12-14)22-21(23(32)19-13-16(27)6-11-20(19)35-2)24(33)25(34)31(22)17-7-9-18(10-8-17)36-26(28,29)30/h3-13,22,32H,1-2H3/b23-21+. The fraction of sp³-hybridized carbons (Fsp3) is 0.154. The number of anilines is 1. The van der Waals surface area contributed by atoms with Crippen molar-refractivity contribution in [3.63, 3.8) is 0 Å². The maximum atomic E-state index is 14.0. The van der Waals surface area contributed by atoms with Crippen LogP contribution in [0.4, 0.5) is 23.2 Å². The van der Waals surface area contributed by atoms with Crippen LogP contribution >= 0.6 is 0 Å². The number of methoxy groups -OCH3 is 1. The molecule has 1 unspecified atom stereocenters. The number of aryl methyl sites for hydroxylation is 1. The first-order chi connectivity index (χ1) is 17.0. The molecule has 1 aliphatic rings. The van der Waals surface area contributed by atoms with Crippen molar-refractivity contribution >= 4 is 23.1 Å². The Balaban J connectivity index is 1.90. The van der Waals surface area contributed by atoms with E-state index in [9.17, 15) is 32.3 Å². The van der Waals surface area contributed by atoms with Gasteiger partial charge in [0, 0.05) is 5.69 Å². The van der Waals surface area contributed by atoms with Gasteiger partial charge < -0.3 is 14.6 Å². The average molecular weight is 501 g/mol. The van der Waals surface area contributed by atoms with Gasteiger partial charge in [0.1, 0.15) is 23.1 Å². The molecule has 6 nitrogen and oxygen atoms in total. The second-order valence-corrected chi connectivity index (χ2v) is 7.97. The van der Waals surface area contributed by atoms with E-state index < -0.39 is 41.4 Å². The number of halogens is 4. The largest absolute Gasteiger partial charge is 0.573 e. The highest BCUT2D eigenvalue weighted by Gasteiger charge is 2.47. The highest BCUT2D eigenvalue weighted by atomic mass is 19.4. The summed E-state index contributed by atoms with van der Waals surface area (Å²) < 4.78 is 60.8. The van der Waals surface area contributed by atoms with Crippen LogP contribution in [0.2, 0.25) is 0 Å². The average Bonchev–Trinajstić information content (AvgIpc) is 3.08. The molecule has 1 saturated heterocycles. The lowest BCUT2D eigenvalue weighted by atomic mass is 9.94. The SMILES string of the molecule is COc1ccc(F)cc1/C(O)=C1\C(=O)C(=O)N(c2ccc(OC(F)(F)F)cc2)C1c1cccc(C)c1. The molecule has 0 aliphatic carbocycles. The number of benzene rings is 3. The summed E-state index contributed by atoms with van der Waals surface area (Å²) in [6.07, 6.45) is -4.91. The van der Waals surface area contributed by atoms with Crippen LogP contribution in [0.3, 0.4) is 0 Å². The third kappa shape index (κ3) is 4.74. The molecule has 3 aromatic carbocycles. The Kier molecular flexibility index (Phi) is 6.45. The van der Waals surface area contributed by atoms with Gasteiger partial charge in [0.15, 0.2) is 0 Å². The zero-order chi connectivity index (χ0) is 26.2. The molecule has 0 saturated carbocycles. The van der Waals surface area contributed by atoms with E-state index in [0.29, 0.717) is 5.56 Å². The van der Waals surface area contributed by atoms with Gasteiger partial charge in [-0.05, 0) is 55.0 Å². The van der Waals surface area contributed by atoms with Crippen molar-refractivity contribution in [2.75, 3.05) is 12.0 Å². The molecule has 36 heavy (non-hydrogen) atoms. The summed E-state index contributed by atoms with van der Waals surface area (Å²) in [6, 6.07) is 13.4. The van der Waals surface area contributed by atoms with Gasteiger partial charge in [-0.15, -0.1) is 13.2 Å². The minimum atomic E-state index is -4.91. The predicted molar refractivity (Wildman–Crippen MR) is 122 cm³/mol. The summed E-state index contributed by atoms with van der Waals surface area (Å²) in [5, 5.41) is 11.2. The van der Waals surface area contributed by atoms with Gasteiger partial charge in [0.2, 0.25) is 0 Å². The minimum absolute atomic E-state index is 0.0664.